The normalized spacial score (nSPS) is 15.8. The van der Waals surface area contributed by atoms with Gasteiger partial charge in [0, 0.05) is 32.7 Å². The van der Waals surface area contributed by atoms with E-state index < -0.39 is 11.7 Å². The molecule has 1 N–H and O–H groups in total. The van der Waals surface area contributed by atoms with Crippen LogP contribution in [0.5, 0.6) is 0 Å². The van der Waals surface area contributed by atoms with Crippen LogP contribution in [0.4, 0.5) is 0 Å². The summed E-state index contributed by atoms with van der Waals surface area (Å²) in [6.07, 6.45) is 0. The minimum absolute atomic E-state index is 0.268. The molecule has 1 amide bonds. The quantitative estimate of drug-likeness (QED) is 0.447. The SMILES string of the molecule is Cc1nn(-c2ccccc2)c(C)c1C(=O)C(=O)NC(CN1CCN(C)CC1)c1ccccc1. The van der Waals surface area contributed by atoms with Gasteiger partial charge in [0.15, 0.2) is 0 Å². The lowest BCUT2D eigenvalue weighted by molar-refractivity contribution is -0.117. The second-order valence-electron chi connectivity index (χ2n) is 8.66. The number of nitrogens with one attached hydrogen (secondary N) is 1. The van der Waals surface area contributed by atoms with Crippen LogP contribution in [-0.2, 0) is 4.79 Å². The molecule has 2 aromatic carbocycles. The molecule has 0 saturated carbocycles. The number of likely N-dealkylation sites (N-methyl/N-ethyl adjacent to an activating group) is 1. The summed E-state index contributed by atoms with van der Waals surface area (Å²) >= 11 is 0. The third-order valence-electron chi connectivity index (χ3n) is 6.27. The Morgan fingerprint density at radius 2 is 1.55 bits per heavy atom. The fourth-order valence-electron chi connectivity index (χ4n) is 4.34. The van der Waals surface area contributed by atoms with Crippen molar-refractivity contribution in [3.63, 3.8) is 0 Å². The summed E-state index contributed by atoms with van der Waals surface area (Å²) in [4.78, 5) is 31.0. The third kappa shape index (κ3) is 5.21. The Morgan fingerprint density at radius 1 is 0.939 bits per heavy atom. The predicted molar refractivity (Wildman–Crippen MR) is 129 cm³/mol. The van der Waals surface area contributed by atoms with E-state index in [1.54, 1.807) is 11.6 Å². The lowest BCUT2D eigenvalue weighted by Crippen LogP contribution is -2.48. The molecule has 3 aromatic rings. The minimum Gasteiger partial charge on any atom is -0.341 e. The maximum absolute atomic E-state index is 13.2. The van der Waals surface area contributed by atoms with E-state index in [1.807, 2.05) is 67.6 Å². The number of ketones is 1. The molecule has 1 aliphatic rings. The number of aryl methyl sites for hydroxylation is 1. The molecule has 1 saturated heterocycles. The van der Waals surface area contributed by atoms with Crippen molar-refractivity contribution in [1.29, 1.82) is 0 Å². The number of para-hydroxylation sites is 1. The van der Waals surface area contributed by atoms with Gasteiger partial charge in [0.2, 0.25) is 0 Å². The Bertz CT molecular complexity index is 1100. The molecule has 1 aromatic heterocycles. The highest BCUT2D eigenvalue weighted by molar-refractivity contribution is 6.43. The summed E-state index contributed by atoms with van der Waals surface area (Å²) in [5.41, 5.74) is 3.42. The summed E-state index contributed by atoms with van der Waals surface area (Å²) < 4.78 is 1.72. The fraction of sp³-hybridized carbons (Fsp3) is 0.346. The molecule has 1 fully saturated rings. The van der Waals surface area contributed by atoms with Crippen molar-refractivity contribution in [2.75, 3.05) is 39.8 Å². The molecule has 7 nitrogen and oxygen atoms in total. The Labute approximate surface area is 195 Å². The number of carbonyl (C=O) groups excluding carboxylic acids is 2. The van der Waals surface area contributed by atoms with Crippen molar-refractivity contribution in [3.8, 4) is 5.69 Å². The van der Waals surface area contributed by atoms with E-state index in [9.17, 15) is 9.59 Å². The zero-order chi connectivity index (χ0) is 23.4. The van der Waals surface area contributed by atoms with Crippen LogP contribution in [0, 0.1) is 13.8 Å². The van der Waals surface area contributed by atoms with Crippen molar-refractivity contribution in [2.45, 2.75) is 19.9 Å². The molecule has 1 atom stereocenters. The van der Waals surface area contributed by atoms with E-state index in [2.05, 4.69) is 27.3 Å². The van der Waals surface area contributed by atoms with Crippen LogP contribution in [-0.4, -0.2) is 71.0 Å². The maximum Gasteiger partial charge on any atom is 0.293 e. The van der Waals surface area contributed by atoms with Crippen molar-refractivity contribution in [1.82, 2.24) is 24.9 Å². The largest absolute Gasteiger partial charge is 0.341 e. The third-order valence-corrected chi connectivity index (χ3v) is 6.27. The molecule has 7 heteroatoms. The molecule has 1 aliphatic heterocycles. The van der Waals surface area contributed by atoms with E-state index in [-0.39, 0.29) is 6.04 Å². The monoisotopic (exact) mass is 445 g/mol. The summed E-state index contributed by atoms with van der Waals surface area (Å²) in [5.74, 6) is -1.15. The highest BCUT2D eigenvalue weighted by atomic mass is 16.2. The van der Waals surface area contributed by atoms with Gasteiger partial charge in [-0.1, -0.05) is 48.5 Å². The molecule has 172 valence electrons. The van der Waals surface area contributed by atoms with Gasteiger partial charge in [-0.05, 0) is 38.6 Å². The molecular weight excluding hydrogens is 414 g/mol. The fourth-order valence-corrected chi connectivity index (χ4v) is 4.34. The van der Waals surface area contributed by atoms with E-state index in [0.29, 0.717) is 23.5 Å². The average molecular weight is 446 g/mol. The van der Waals surface area contributed by atoms with Crippen LogP contribution in [0.25, 0.3) is 5.69 Å². The van der Waals surface area contributed by atoms with Gasteiger partial charge in [-0.3, -0.25) is 14.5 Å². The van der Waals surface area contributed by atoms with Gasteiger partial charge in [0.1, 0.15) is 0 Å². The number of rotatable bonds is 7. The van der Waals surface area contributed by atoms with Crippen LogP contribution in [0.1, 0.15) is 33.4 Å². The van der Waals surface area contributed by atoms with Crippen molar-refractivity contribution in [2.24, 2.45) is 0 Å². The molecule has 0 spiro atoms. The van der Waals surface area contributed by atoms with E-state index in [0.717, 1.165) is 37.4 Å². The first-order valence-electron chi connectivity index (χ1n) is 11.4. The van der Waals surface area contributed by atoms with E-state index >= 15 is 0 Å². The second kappa shape index (κ2) is 10.1. The van der Waals surface area contributed by atoms with Crippen LogP contribution >= 0.6 is 0 Å². The van der Waals surface area contributed by atoms with Gasteiger partial charge in [0.25, 0.3) is 11.7 Å². The number of amides is 1. The second-order valence-corrected chi connectivity index (χ2v) is 8.66. The van der Waals surface area contributed by atoms with Gasteiger partial charge < -0.3 is 10.2 Å². The Hall–Kier alpha value is -3.29. The van der Waals surface area contributed by atoms with Crippen molar-refractivity contribution < 1.29 is 9.59 Å². The number of hydrogen-bond acceptors (Lipinski definition) is 5. The molecular formula is C26H31N5O2. The Balaban J connectivity index is 1.54. The summed E-state index contributed by atoms with van der Waals surface area (Å²) in [5, 5.41) is 7.54. The Kier molecular flexibility index (Phi) is 7.01. The minimum atomic E-state index is -0.600. The molecule has 0 aliphatic carbocycles. The molecule has 0 radical (unpaired) electrons. The van der Waals surface area contributed by atoms with Gasteiger partial charge in [-0.15, -0.1) is 0 Å². The zero-order valence-corrected chi connectivity index (χ0v) is 19.5. The average Bonchev–Trinajstić information content (AvgIpc) is 3.14. The number of nitrogens with zero attached hydrogens (tertiary/aromatic N) is 4. The van der Waals surface area contributed by atoms with Crippen molar-refractivity contribution in [3.05, 3.63) is 83.2 Å². The first-order chi connectivity index (χ1) is 15.9. The van der Waals surface area contributed by atoms with Gasteiger partial charge in [-0.2, -0.15) is 5.10 Å². The molecule has 4 rings (SSSR count). The molecule has 0 bridgehead atoms. The predicted octanol–water partition coefficient (Wildman–Crippen LogP) is 2.78. The van der Waals surface area contributed by atoms with E-state index in [1.165, 1.54) is 0 Å². The van der Waals surface area contributed by atoms with Gasteiger partial charge in [0.05, 0.1) is 28.7 Å². The molecule has 2 heterocycles. The summed E-state index contributed by atoms with van der Waals surface area (Å²) in [7, 11) is 2.12. The molecule has 1 unspecified atom stereocenters. The van der Waals surface area contributed by atoms with Crippen LogP contribution in [0.2, 0.25) is 0 Å². The van der Waals surface area contributed by atoms with Crippen LogP contribution in [0.15, 0.2) is 60.7 Å². The molecule has 33 heavy (non-hydrogen) atoms. The number of Topliss-reactive ketones (excluding diaryl/α,β-unsaturated/α-hetero) is 1. The first kappa shape index (κ1) is 22.9. The number of benzene rings is 2. The smallest absolute Gasteiger partial charge is 0.293 e. The highest BCUT2D eigenvalue weighted by Gasteiger charge is 2.28. The van der Waals surface area contributed by atoms with Crippen molar-refractivity contribution >= 4 is 11.7 Å². The lowest BCUT2D eigenvalue weighted by atomic mass is 10.0. The lowest BCUT2D eigenvalue weighted by Gasteiger charge is -2.35. The summed E-state index contributed by atoms with van der Waals surface area (Å²) in [6.45, 7) is 8.12. The number of piperazine rings is 1. The highest BCUT2D eigenvalue weighted by Crippen LogP contribution is 2.20. The van der Waals surface area contributed by atoms with Crippen LogP contribution < -0.4 is 5.32 Å². The maximum atomic E-state index is 13.2. The number of carbonyl (C=O) groups is 2. The first-order valence-corrected chi connectivity index (χ1v) is 11.4. The standard InChI is InChI=1S/C26H31N5O2/c1-19-24(20(2)31(28-19)22-12-8-5-9-13-22)25(32)26(33)27-23(21-10-6-4-7-11-21)18-30-16-14-29(3)15-17-30/h4-13,23H,14-18H2,1-3H3,(H,27,33). The van der Waals surface area contributed by atoms with E-state index in [4.69, 9.17) is 0 Å². The number of hydrogen-bond donors (Lipinski definition) is 1. The summed E-state index contributed by atoms with van der Waals surface area (Å²) in [6, 6.07) is 19.2. The zero-order valence-electron chi connectivity index (χ0n) is 19.5. The van der Waals surface area contributed by atoms with Gasteiger partial charge in [-0.25, -0.2) is 4.68 Å². The Morgan fingerprint density at radius 3 is 2.18 bits per heavy atom. The van der Waals surface area contributed by atoms with Crippen LogP contribution in [0.3, 0.4) is 0 Å². The van der Waals surface area contributed by atoms with Gasteiger partial charge >= 0.3 is 0 Å². The topological polar surface area (TPSA) is 70.5 Å². The number of aromatic nitrogens is 2.